The summed E-state index contributed by atoms with van der Waals surface area (Å²) in [5.74, 6) is -2.04. The fourth-order valence-electron chi connectivity index (χ4n) is 2.30. The van der Waals surface area contributed by atoms with Gasteiger partial charge in [0.25, 0.3) is 0 Å². The minimum Gasteiger partial charge on any atom is -0.468 e. The molecule has 0 aromatic heterocycles. The predicted molar refractivity (Wildman–Crippen MR) is 53.1 cm³/mol. The van der Waals surface area contributed by atoms with E-state index in [0.29, 0.717) is 6.42 Å². The second kappa shape index (κ2) is 4.55. The van der Waals surface area contributed by atoms with Crippen molar-refractivity contribution in [3.63, 3.8) is 0 Å². The molecule has 0 amide bonds. The third kappa shape index (κ3) is 2.08. The van der Waals surface area contributed by atoms with Crippen molar-refractivity contribution in [2.75, 3.05) is 7.11 Å². The van der Waals surface area contributed by atoms with Crippen LogP contribution in [0.4, 0.5) is 0 Å². The first kappa shape index (κ1) is 11.9. The van der Waals surface area contributed by atoms with Crippen LogP contribution in [0.3, 0.4) is 0 Å². The summed E-state index contributed by atoms with van der Waals surface area (Å²) in [5.41, 5.74) is 0. The van der Waals surface area contributed by atoms with E-state index in [9.17, 15) is 14.4 Å². The van der Waals surface area contributed by atoms with Gasteiger partial charge in [-0.05, 0) is 12.3 Å². The Bertz CT molecular complexity index is 295. The van der Waals surface area contributed by atoms with Crippen LogP contribution >= 0.6 is 0 Å². The SMILES string of the molecule is CCC1C(=O)CC(=O)C(C(=O)OC)C1C. The smallest absolute Gasteiger partial charge is 0.316 e. The Morgan fingerprint density at radius 2 is 2.00 bits per heavy atom. The number of rotatable bonds is 2. The van der Waals surface area contributed by atoms with Crippen LogP contribution in [0.2, 0.25) is 0 Å². The van der Waals surface area contributed by atoms with Crippen molar-refractivity contribution < 1.29 is 19.1 Å². The Labute approximate surface area is 89.0 Å². The van der Waals surface area contributed by atoms with Crippen molar-refractivity contribution >= 4 is 17.5 Å². The highest BCUT2D eigenvalue weighted by Crippen LogP contribution is 2.32. The molecule has 0 aromatic rings. The highest BCUT2D eigenvalue weighted by atomic mass is 16.5. The molecule has 1 aliphatic rings. The van der Waals surface area contributed by atoms with E-state index < -0.39 is 11.9 Å². The van der Waals surface area contributed by atoms with Crippen LogP contribution in [0.1, 0.15) is 26.7 Å². The molecule has 0 spiro atoms. The second-order valence-corrected chi connectivity index (χ2v) is 3.98. The van der Waals surface area contributed by atoms with Gasteiger partial charge in [0.1, 0.15) is 11.7 Å². The van der Waals surface area contributed by atoms with Gasteiger partial charge in [0.2, 0.25) is 0 Å². The Balaban J connectivity index is 2.92. The Kier molecular flexibility index (Phi) is 3.61. The maximum absolute atomic E-state index is 11.6. The minimum atomic E-state index is -0.752. The molecule has 1 saturated carbocycles. The lowest BCUT2D eigenvalue weighted by atomic mass is 9.70. The van der Waals surface area contributed by atoms with E-state index in [4.69, 9.17) is 0 Å². The van der Waals surface area contributed by atoms with Crippen molar-refractivity contribution in [3.8, 4) is 0 Å². The van der Waals surface area contributed by atoms with Crippen LogP contribution in [-0.2, 0) is 19.1 Å². The quantitative estimate of drug-likeness (QED) is 0.505. The van der Waals surface area contributed by atoms with E-state index in [2.05, 4.69) is 4.74 Å². The normalized spacial score (nSPS) is 31.5. The fraction of sp³-hybridized carbons (Fsp3) is 0.727. The van der Waals surface area contributed by atoms with Crippen LogP contribution in [0, 0.1) is 17.8 Å². The number of methoxy groups -OCH3 is 1. The van der Waals surface area contributed by atoms with E-state index >= 15 is 0 Å². The molecule has 15 heavy (non-hydrogen) atoms. The largest absolute Gasteiger partial charge is 0.468 e. The molecule has 84 valence electrons. The monoisotopic (exact) mass is 212 g/mol. The summed E-state index contributed by atoms with van der Waals surface area (Å²) in [6.07, 6.45) is 0.545. The van der Waals surface area contributed by atoms with Gasteiger partial charge in [-0.25, -0.2) is 0 Å². The van der Waals surface area contributed by atoms with E-state index in [1.54, 1.807) is 6.92 Å². The third-order valence-electron chi connectivity index (χ3n) is 3.16. The topological polar surface area (TPSA) is 60.4 Å². The van der Waals surface area contributed by atoms with Crippen molar-refractivity contribution in [3.05, 3.63) is 0 Å². The van der Waals surface area contributed by atoms with Gasteiger partial charge in [-0.15, -0.1) is 0 Å². The summed E-state index contributed by atoms with van der Waals surface area (Å²) in [5, 5.41) is 0. The van der Waals surface area contributed by atoms with Gasteiger partial charge >= 0.3 is 5.97 Å². The van der Waals surface area contributed by atoms with Gasteiger partial charge in [-0.3, -0.25) is 14.4 Å². The van der Waals surface area contributed by atoms with Crippen molar-refractivity contribution in [2.24, 2.45) is 17.8 Å². The van der Waals surface area contributed by atoms with Gasteiger partial charge in [0.05, 0.1) is 13.5 Å². The summed E-state index contributed by atoms with van der Waals surface area (Å²) in [6, 6.07) is 0. The summed E-state index contributed by atoms with van der Waals surface area (Å²) >= 11 is 0. The molecular weight excluding hydrogens is 196 g/mol. The first-order valence-electron chi connectivity index (χ1n) is 5.16. The first-order chi connectivity index (χ1) is 7.02. The number of ether oxygens (including phenoxy) is 1. The molecule has 4 heteroatoms. The lowest BCUT2D eigenvalue weighted by Crippen LogP contribution is -2.43. The molecule has 0 N–H and O–H groups in total. The Morgan fingerprint density at radius 3 is 2.47 bits per heavy atom. The molecule has 1 aliphatic carbocycles. The van der Waals surface area contributed by atoms with Gasteiger partial charge in [0.15, 0.2) is 5.78 Å². The Hall–Kier alpha value is -1.19. The predicted octanol–water partition coefficient (Wildman–Crippen LogP) is 0.980. The summed E-state index contributed by atoms with van der Waals surface area (Å²) in [7, 11) is 1.26. The molecular formula is C11H16O4. The van der Waals surface area contributed by atoms with Crippen LogP contribution in [0.15, 0.2) is 0 Å². The summed E-state index contributed by atoms with van der Waals surface area (Å²) in [6.45, 7) is 3.66. The summed E-state index contributed by atoms with van der Waals surface area (Å²) < 4.78 is 4.59. The molecule has 0 saturated heterocycles. The number of hydrogen-bond acceptors (Lipinski definition) is 4. The summed E-state index contributed by atoms with van der Waals surface area (Å²) in [4.78, 5) is 34.5. The number of carbonyl (C=O) groups is 3. The van der Waals surface area contributed by atoms with E-state index in [-0.39, 0.29) is 29.8 Å². The zero-order valence-electron chi connectivity index (χ0n) is 9.28. The molecule has 1 fully saturated rings. The molecule has 0 radical (unpaired) electrons. The maximum Gasteiger partial charge on any atom is 0.316 e. The lowest BCUT2D eigenvalue weighted by Gasteiger charge is -2.31. The second-order valence-electron chi connectivity index (χ2n) is 3.98. The molecule has 0 heterocycles. The van der Waals surface area contributed by atoms with Crippen LogP contribution in [0.5, 0.6) is 0 Å². The van der Waals surface area contributed by atoms with Crippen LogP contribution < -0.4 is 0 Å². The number of Topliss-reactive ketones (excluding diaryl/α,β-unsaturated/α-hetero) is 2. The molecule has 0 aliphatic heterocycles. The molecule has 0 aromatic carbocycles. The van der Waals surface area contributed by atoms with Gasteiger partial charge in [0, 0.05) is 5.92 Å². The molecule has 0 bridgehead atoms. The van der Waals surface area contributed by atoms with Gasteiger partial charge < -0.3 is 4.74 Å². The molecule has 1 rings (SSSR count). The maximum atomic E-state index is 11.6. The lowest BCUT2D eigenvalue weighted by molar-refractivity contribution is -0.156. The van der Waals surface area contributed by atoms with Crippen LogP contribution in [-0.4, -0.2) is 24.6 Å². The zero-order chi connectivity index (χ0) is 11.6. The van der Waals surface area contributed by atoms with Gasteiger partial charge in [-0.1, -0.05) is 13.8 Å². The highest BCUT2D eigenvalue weighted by molar-refractivity contribution is 6.11. The molecule has 4 nitrogen and oxygen atoms in total. The third-order valence-corrected chi connectivity index (χ3v) is 3.16. The standard InChI is InChI=1S/C11H16O4/c1-4-7-6(2)10(11(14)15-3)9(13)5-8(7)12/h6-7,10H,4-5H2,1-3H3. The Morgan fingerprint density at radius 1 is 1.40 bits per heavy atom. The number of ketones is 2. The van der Waals surface area contributed by atoms with E-state index in [0.717, 1.165) is 0 Å². The van der Waals surface area contributed by atoms with Crippen molar-refractivity contribution in [1.29, 1.82) is 0 Å². The van der Waals surface area contributed by atoms with Gasteiger partial charge in [-0.2, -0.15) is 0 Å². The van der Waals surface area contributed by atoms with Crippen molar-refractivity contribution in [2.45, 2.75) is 26.7 Å². The number of carbonyl (C=O) groups excluding carboxylic acids is 3. The average molecular weight is 212 g/mol. The average Bonchev–Trinajstić information content (AvgIpc) is 2.17. The number of esters is 1. The first-order valence-corrected chi connectivity index (χ1v) is 5.16. The molecule has 3 unspecified atom stereocenters. The van der Waals surface area contributed by atoms with E-state index in [1.165, 1.54) is 7.11 Å². The zero-order valence-corrected chi connectivity index (χ0v) is 9.28. The van der Waals surface area contributed by atoms with Crippen LogP contribution in [0.25, 0.3) is 0 Å². The minimum absolute atomic E-state index is 0.0462. The number of hydrogen-bond donors (Lipinski definition) is 0. The van der Waals surface area contributed by atoms with E-state index in [1.807, 2.05) is 6.92 Å². The highest BCUT2D eigenvalue weighted by Gasteiger charge is 2.44. The molecule has 3 atom stereocenters. The fourth-order valence-corrected chi connectivity index (χ4v) is 2.30. The van der Waals surface area contributed by atoms with Crippen molar-refractivity contribution in [1.82, 2.24) is 0 Å².